The van der Waals surface area contributed by atoms with Gasteiger partial charge in [-0.25, -0.2) is 0 Å². The second kappa shape index (κ2) is 6.93. The molecular formula is C11H9INO3V-. The number of pyridine rings is 1. The molecule has 89 valence electrons. The fourth-order valence-corrected chi connectivity index (χ4v) is 1.85. The third-order valence-corrected chi connectivity index (χ3v) is 2.66. The van der Waals surface area contributed by atoms with Crippen molar-refractivity contribution in [2.24, 2.45) is 0 Å². The topological polar surface area (TPSA) is 59.4 Å². The molecular weight excluding hydrogens is 372 g/mol. The Morgan fingerprint density at radius 2 is 2.47 bits per heavy atom. The van der Waals surface area contributed by atoms with Gasteiger partial charge in [0.1, 0.15) is 0 Å². The van der Waals surface area contributed by atoms with E-state index in [0.29, 0.717) is 10.6 Å². The first-order chi connectivity index (χ1) is 8.15. The number of carbonyl (C=O) groups is 1. The molecule has 1 aromatic heterocycles. The molecule has 4 nitrogen and oxygen atoms in total. The molecule has 0 radical (unpaired) electrons. The van der Waals surface area contributed by atoms with Crippen molar-refractivity contribution in [3.8, 4) is 5.75 Å². The van der Waals surface area contributed by atoms with E-state index in [-0.39, 0.29) is 17.9 Å². The number of ether oxygens (including phenoxy) is 1. The molecule has 0 aliphatic rings. The SMILES string of the molecule is CCOC(=O)c1cnc(=[C-]I)/c(=C\[CH]=[V])c1O. The van der Waals surface area contributed by atoms with Gasteiger partial charge in [0, 0.05) is 0 Å². The van der Waals surface area contributed by atoms with Crippen LogP contribution in [0.5, 0.6) is 5.75 Å². The van der Waals surface area contributed by atoms with Gasteiger partial charge in [0.05, 0.1) is 0 Å². The summed E-state index contributed by atoms with van der Waals surface area (Å²) < 4.78 is 9.32. The number of aromatic hydroxyl groups is 1. The first-order valence-electron chi connectivity index (χ1n) is 4.72. The van der Waals surface area contributed by atoms with Crippen molar-refractivity contribution in [1.82, 2.24) is 4.98 Å². The number of nitrogens with zero attached hydrogens (tertiary/aromatic N) is 1. The predicted molar refractivity (Wildman–Crippen MR) is 69.1 cm³/mol. The van der Waals surface area contributed by atoms with Gasteiger partial charge in [-0.05, 0) is 0 Å². The zero-order valence-corrected chi connectivity index (χ0v) is 12.5. The quantitative estimate of drug-likeness (QED) is 0.460. The molecule has 0 saturated heterocycles. The van der Waals surface area contributed by atoms with Crippen molar-refractivity contribution >= 4 is 43.4 Å². The number of rotatable bonds is 3. The van der Waals surface area contributed by atoms with E-state index in [2.05, 4.69) is 26.0 Å². The van der Waals surface area contributed by atoms with Crippen LogP contribution in [0.4, 0.5) is 0 Å². The van der Waals surface area contributed by atoms with Gasteiger partial charge in [-0.2, -0.15) is 0 Å². The van der Waals surface area contributed by atoms with E-state index in [4.69, 9.17) is 4.74 Å². The summed E-state index contributed by atoms with van der Waals surface area (Å²) in [6.45, 7) is 1.95. The van der Waals surface area contributed by atoms with E-state index >= 15 is 0 Å². The van der Waals surface area contributed by atoms with E-state index in [1.54, 1.807) is 17.7 Å². The first-order valence-corrected chi connectivity index (χ1v) is 6.60. The van der Waals surface area contributed by atoms with Gasteiger partial charge in [-0.3, -0.25) is 0 Å². The number of aromatic nitrogens is 1. The molecule has 0 atom stereocenters. The van der Waals surface area contributed by atoms with Gasteiger partial charge in [0.2, 0.25) is 0 Å². The van der Waals surface area contributed by atoms with Crippen LogP contribution < -0.4 is 10.6 Å². The van der Waals surface area contributed by atoms with Crippen LogP contribution in [0.15, 0.2) is 6.20 Å². The summed E-state index contributed by atoms with van der Waals surface area (Å²) in [4.78, 5) is 15.6. The molecule has 0 amide bonds. The van der Waals surface area contributed by atoms with Crippen molar-refractivity contribution < 1.29 is 31.6 Å². The molecule has 0 unspecified atom stereocenters. The maximum absolute atomic E-state index is 11.5. The second-order valence-electron chi connectivity index (χ2n) is 2.91. The van der Waals surface area contributed by atoms with Crippen molar-refractivity contribution in [3.63, 3.8) is 0 Å². The van der Waals surface area contributed by atoms with Crippen LogP contribution >= 0.6 is 22.6 Å². The minimum atomic E-state index is -0.585. The minimum absolute atomic E-state index is 0.0582. The van der Waals surface area contributed by atoms with E-state index in [0.717, 1.165) is 0 Å². The number of halogens is 1. The average molecular weight is 381 g/mol. The van der Waals surface area contributed by atoms with E-state index in [9.17, 15) is 9.90 Å². The summed E-state index contributed by atoms with van der Waals surface area (Å²) in [5.74, 6) is -0.724. The summed E-state index contributed by atoms with van der Waals surface area (Å²) in [7, 11) is 0. The summed E-state index contributed by atoms with van der Waals surface area (Å²) in [5.41, 5.74) is 0.0582. The van der Waals surface area contributed by atoms with Crippen LogP contribution in [0.1, 0.15) is 17.3 Å². The Morgan fingerprint density at radius 1 is 1.76 bits per heavy atom. The average Bonchev–Trinajstić information content (AvgIpc) is 2.32. The van der Waals surface area contributed by atoms with Crippen LogP contribution in [0, 0.1) is 0 Å². The van der Waals surface area contributed by atoms with Gasteiger partial charge in [-0.15, -0.1) is 0 Å². The molecule has 0 aromatic carbocycles. The molecule has 0 aliphatic heterocycles. The molecule has 1 heterocycles. The van der Waals surface area contributed by atoms with Crippen molar-refractivity contribution in [1.29, 1.82) is 0 Å². The van der Waals surface area contributed by atoms with E-state index < -0.39 is 5.97 Å². The molecule has 0 spiro atoms. The first kappa shape index (κ1) is 14.4. The molecule has 0 bridgehead atoms. The molecule has 1 N–H and O–H groups in total. The summed E-state index contributed by atoms with van der Waals surface area (Å²) in [6, 6.07) is 0. The molecule has 1 aromatic rings. The fraction of sp³-hybridized carbons (Fsp3) is 0.182. The maximum atomic E-state index is 11.5. The Labute approximate surface area is 121 Å². The number of hydrogen-bond acceptors (Lipinski definition) is 4. The zero-order chi connectivity index (χ0) is 12.8. The Morgan fingerprint density at radius 3 is 3.00 bits per heavy atom. The third kappa shape index (κ3) is 3.40. The molecule has 0 saturated carbocycles. The Balaban J connectivity index is 3.50. The predicted octanol–water partition coefficient (Wildman–Crippen LogP) is 0.143. The second-order valence-corrected chi connectivity index (χ2v) is 3.92. The number of esters is 1. The zero-order valence-electron chi connectivity index (χ0n) is 8.98. The molecule has 0 aliphatic carbocycles. The molecule has 1 rings (SSSR count). The van der Waals surface area contributed by atoms with Gasteiger partial charge in [0.25, 0.3) is 0 Å². The molecule has 6 heteroatoms. The number of hydrogen-bond donors (Lipinski definition) is 1. The van der Waals surface area contributed by atoms with Gasteiger partial charge in [-0.1, -0.05) is 0 Å². The van der Waals surface area contributed by atoms with Crippen LogP contribution in [0.25, 0.3) is 10.2 Å². The summed E-state index contributed by atoms with van der Waals surface area (Å²) in [5, 5.41) is 10.9. The monoisotopic (exact) mass is 381 g/mol. The Kier molecular flexibility index (Phi) is 5.87. The van der Waals surface area contributed by atoms with Crippen LogP contribution in [0.3, 0.4) is 0 Å². The standard InChI is InChI=1S/C11H9INO3.V/c1-3-7-9(5-12)13-6-8(10(7)14)11(15)16-4-2;/h1,3,6,14H,4H2,2H3;/q-1;/b7-3+;. The summed E-state index contributed by atoms with van der Waals surface area (Å²) >= 11 is 4.15. The van der Waals surface area contributed by atoms with Crippen LogP contribution in [-0.4, -0.2) is 27.4 Å². The fourth-order valence-electron chi connectivity index (χ4n) is 1.18. The normalized spacial score (nSPS) is 12.5. The number of carbonyl (C=O) groups excluding carboxylic acids is 1. The molecule has 17 heavy (non-hydrogen) atoms. The van der Waals surface area contributed by atoms with Gasteiger partial charge < -0.3 is 0 Å². The van der Waals surface area contributed by atoms with E-state index in [1.165, 1.54) is 6.20 Å². The Hall–Kier alpha value is -0.656. The molecule has 0 fully saturated rings. The van der Waals surface area contributed by atoms with Gasteiger partial charge in [0.15, 0.2) is 0 Å². The summed E-state index contributed by atoms with van der Waals surface area (Å²) in [6.07, 6.45) is 2.93. The van der Waals surface area contributed by atoms with Crippen molar-refractivity contribution in [2.45, 2.75) is 6.92 Å². The van der Waals surface area contributed by atoms with Crippen molar-refractivity contribution in [3.05, 3.63) is 22.3 Å². The van der Waals surface area contributed by atoms with Crippen molar-refractivity contribution in [2.75, 3.05) is 6.61 Å². The van der Waals surface area contributed by atoms with Crippen LogP contribution in [-0.2, 0) is 21.7 Å². The third-order valence-electron chi connectivity index (χ3n) is 1.91. The van der Waals surface area contributed by atoms with E-state index in [1.807, 2.05) is 22.6 Å². The van der Waals surface area contributed by atoms with Gasteiger partial charge >= 0.3 is 122 Å². The Bertz CT molecular complexity index is 557. The van der Waals surface area contributed by atoms with Crippen LogP contribution in [0.2, 0.25) is 0 Å².